The number of rotatable bonds is 5. The van der Waals surface area contributed by atoms with Gasteiger partial charge in [-0.15, -0.1) is 0 Å². The van der Waals surface area contributed by atoms with Crippen molar-refractivity contribution in [3.05, 3.63) is 66.1 Å². The number of hydrogen-bond donors (Lipinski definition) is 2. The lowest BCUT2D eigenvalue weighted by Crippen LogP contribution is -2.19. The summed E-state index contributed by atoms with van der Waals surface area (Å²) in [5, 5.41) is 11.0. The SMILES string of the molecule is COc1ccc(-c2cc(C(=O)N/N=C(\C)c3ccncc3)[nH]n2)cc1. The second kappa shape index (κ2) is 7.39. The van der Waals surface area contributed by atoms with Crippen LogP contribution >= 0.6 is 0 Å². The Kier molecular flexibility index (Phi) is 4.84. The van der Waals surface area contributed by atoms with Gasteiger partial charge in [0.1, 0.15) is 11.4 Å². The van der Waals surface area contributed by atoms with E-state index in [9.17, 15) is 4.79 Å². The van der Waals surface area contributed by atoms with Gasteiger partial charge < -0.3 is 4.74 Å². The largest absolute Gasteiger partial charge is 0.497 e. The molecule has 3 rings (SSSR count). The lowest BCUT2D eigenvalue weighted by Gasteiger charge is -2.01. The summed E-state index contributed by atoms with van der Waals surface area (Å²) in [7, 11) is 1.61. The van der Waals surface area contributed by atoms with Crippen molar-refractivity contribution in [1.82, 2.24) is 20.6 Å². The topological polar surface area (TPSA) is 92.3 Å². The molecule has 0 aliphatic heterocycles. The van der Waals surface area contributed by atoms with Gasteiger partial charge >= 0.3 is 0 Å². The first kappa shape index (κ1) is 16.4. The van der Waals surface area contributed by atoms with Crippen LogP contribution in [-0.2, 0) is 0 Å². The van der Waals surface area contributed by atoms with Gasteiger partial charge in [0.05, 0.1) is 18.5 Å². The average molecular weight is 335 g/mol. The number of amides is 1. The van der Waals surface area contributed by atoms with E-state index >= 15 is 0 Å². The molecule has 0 saturated carbocycles. The molecule has 126 valence electrons. The van der Waals surface area contributed by atoms with Crippen LogP contribution in [0.4, 0.5) is 0 Å². The summed E-state index contributed by atoms with van der Waals surface area (Å²) >= 11 is 0. The Balaban J connectivity index is 1.70. The highest BCUT2D eigenvalue weighted by Crippen LogP contribution is 2.21. The average Bonchev–Trinajstić information content (AvgIpc) is 3.17. The van der Waals surface area contributed by atoms with Crippen LogP contribution in [0.2, 0.25) is 0 Å². The van der Waals surface area contributed by atoms with E-state index in [1.807, 2.05) is 43.3 Å². The highest BCUT2D eigenvalue weighted by molar-refractivity contribution is 6.00. The summed E-state index contributed by atoms with van der Waals surface area (Å²) in [4.78, 5) is 16.2. The number of hydrazone groups is 1. The molecule has 0 aliphatic carbocycles. The highest BCUT2D eigenvalue weighted by atomic mass is 16.5. The summed E-state index contributed by atoms with van der Waals surface area (Å²) in [6.45, 7) is 1.81. The Morgan fingerprint density at radius 2 is 1.88 bits per heavy atom. The summed E-state index contributed by atoms with van der Waals surface area (Å²) in [6, 6.07) is 12.8. The number of ether oxygens (including phenoxy) is 1. The minimum absolute atomic E-state index is 0.331. The summed E-state index contributed by atoms with van der Waals surface area (Å²) in [5.74, 6) is 0.402. The number of carbonyl (C=O) groups excluding carboxylic acids is 1. The first-order chi connectivity index (χ1) is 12.2. The molecule has 7 nitrogen and oxygen atoms in total. The molecule has 0 saturated heterocycles. The maximum absolute atomic E-state index is 12.2. The molecule has 1 amide bonds. The molecule has 2 aromatic heterocycles. The lowest BCUT2D eigenvalue weighted by atomic mass is 10.1. The first-order valence-electron chi connectivity index (χ1n) is 7.62. The molecule has 2 N–H and O–H groups in total. The Bertz CT molecular complexity index is 885. The number of nitrogens with one attached hydrogen (secondary N) is 2. The first-order valence-corrected chi connectivity index (χ1v) is 7.62. The van der Waals surface area contributed by atoms with Crippen molar-refractivity contribution in [3.8, 4) is 17.0 Å². The molecule has 0 atom stereocenters. The van der Waals surface area contributed by atoms with Crippen LogP contribution in [-0.4, -0.2) is 33.9 Å². The molecule has 0 radical (unpaired) electrons. The third-order valence-corrected chi connectivity index (χ3v) is 3.63. The van der Waals surface area contributed by atoms with Crippen molar-refractivity contribution < 1.29 is 9.53 Å². The molecule has 0 spiro atoms. The Morgan fingerprint density at radius 3 is 2.56 bits per heavy atom. The van der Waals surface area contributed by atoms with Gasteiger partial charge in [-0.1, -0.05) is 0 Å². The third-order valence-electron chi connectivity index (χ3n) is 3.63. The quantitative estimate of drug-likeness (QED) is 0.554. The molecule has 0 unspecified atom stereocenters. The van der Waals surface area contributed by atoms with Gasteiger partial charge in [0.2, 0.25) is 0 Å². The van der Waals surface area contributed by atoms with E-state index in [-0.39, 0.29) is 5.91 Å². The van der Waals surface area contributed by atoms with Crippen LogP contribution in [0.25, 0.3) is 11.3 Å². The molecule has 7 heteroatoms. The molecule has 0 fully saturated rings. The van der Waals surface area contributed by atoms with E-state index in [1.54, 1.807) is 25.6 Å². The van der Waals surface area contributed by atoms with E-state index in [0.29, 0.717) is 17.1 Å². The minimum atomic E-state index is -0.360. The normalized spacial score (nSPS) is 11.2. The Hall–Kier alpha value is -3.48. The van der Waals surface area contributed by atoms with E-state index in [4.69, 9.17) is 4.74 Å². The summed E-state index contributed by atoms with van der Waals surface area (Å²) in [6.07, 6.45) is 3.35. The third kappa shape index (κ3) is 3.89. The van der Waals surface area contributed by atoms with Gasteiger partial charge in [-0.25, -0.2) is 5.43 Å². The minimum Gasteiger partial charge on any atom is -0.497 e. The van der Waals surface area contributed by atoms with Gasteiger partial charge in [-0.3, -0.25) is 14.9 Å². The number of pyridine rings is 1. The van der Waals surface area contributed by atoms with E-state index in [0.717, 1.165) is 16.9 Å². The van der Waals surface area contributed by atoms with Crippen LogP contribution < -0.4 is 10.2 Å². The van der Waals surface area contributed by atoms with Crippen molar-refractivity contribution in [2.75, 3.05) is 7.11 Å². The van der Waals surface area contributed by atoms with Crippen LogP contribution in [0.15, 0.2) is 60.0 Å². The second-order valence-electron chi connectivity index (χ2n) is 5.27. The van der Waals surface area contributed by atoms with Crippen molar-refractivity contribution in [3.63, 3.8) is 0 Å². The van der Waals surface area contributed by atoms with Crippen LogP contribution in [0.3, 0.4) is 0 Å². The molecule has 2 heterocycles. The zero-order valence-electron chi connectivity index (χ0n) is 13.9. The summed E-state index contributed by atoms with van der Waals surface area (Å²) < 4.78 is 5.13. The fourth-order valence-electron chi connectivity index (χ4n) is 2.20. The van der Waals surface area contributed by atoms with Gasteiger partial charge in [0, 0.05) is 23.5 Å². The van der Waals surface area contributed by atoms with E-state index in [1.165, 1.54) is 0 Å². The molecule has 3 aromatic rings. The zero-order chi connectivity index (χ0) is 17.6. The maximum Gasteiger partial charge on any atom is 0.289 e. The van der Waals surface area contributed by atoms with Crippen molar-refractivity contribution in [1.29, 1.82) is 0 Å². The van der Waals surface area contributed by atoms with Crippen molar-refractivity contribution in [2.45, 2.75) is 6.92 Å². The standard InChI is InChI=1S/C18H17N5O2/c1-12(13-7-9-19-10-8-13)20-23-18(24)17-11-16(21-22-17)14-3-5-15(25-2)6-4-14/h3-11H,1-2H3,(H,21,22)(H,23,24)/b20-12+. The molecule has 1 aromatic carbocycles. The van der Waals surface area contributed by atoms with Gasteiger partial charge in [0.25, 0.3) is 5.91 Å². The maximum atomic E-state index is 12.2. The molecule has 0 aliphatic rings. The van der Waals surface area contributed by atoms with Crippen LogP contribution in [0.5, 0.6) is 5.75 Å². The van der Waals surface area contributed by atoms with Gasteiger partial charge in [-0.05, 0) is 49.4 Å². The molecule has 25 heavy (non-hydrogen) atoms. The summed E-state index contributed by atoms with van der Waals surface area (Å²) in [5.41, 5.74) is 5.97. The van der Waals surface area contributed by atoms with Crippen molar-refractivity contribution >= 4 is 11.6 Å². The second-order valence-corrected chi connectivity index (χ2v) is 5.27. The predicted molar refractivity (Wildman–Crippen MR) is 94.5 cm³/mol. The number of aromatic amines is 1. The van der Waals surface area contributed by atoms with Crippen LogP contribution in [0.1, 0.15) is 23.0 Å². The van der Waals surface area contributed by atoms with Gasteiger partial charge in [0.15, 0.2) is 0 Å². The van der Waals surface area contributed by atoms with Crippen LogP contribution in [0, 0.1) is 0 Å². The fourth-order valence-corrected chi connectivity index (χ4v) is 2.20. The molecule has 0 bridgehead atoms. The fraction of sp³-hybridized carbons (Fsp3) is 0.111. The lowest BCUT2D eigenvalue weighted by molar-refractivity contribution is 0.0950. The number of aromatic nitrogens is 3. The number of methoxy groups -OCH3 is 1. The Labute approximate surface area is 144 Å². The van der Waals surface area contributed by atoms with Crippen molar-refractivity contribution in [2.24, 2.45) is 5.10 Å². The smallest absolute Gasteiger partial charge is 0.289 e. The highest BCUT2D eigenvalue weighted by Gasteiger charge is 2.11. The molecular weight excluding hydrogens is 318 g/mol. The predicted octanol–water partition coefficient (Wildman–Crippen LogP) is 2.63. The number of H-pyrrole nitrogens is 1. The number of hydrogen-bond acceptors (Lipinski definition) is 5. The number of carbonyl (C=O) groups is 1. The Morgan fingerprint density at radius 1 is 1.16 bits per heavy atom. The van der Waals surface area contributed by atoms with E-state index in [2.05, 4.69) is 25.7 Å². The zero-order valence-corrected chi connectivity index (χ0v) is 13.9. The number of benzene rings is 1. The number of nitrogens with zero attached hydrogens (tertiary/aromatic N) is 3. The van der Waals surface area contributed by atoms with Gasteiger partial charge in [-0.2, -0.15) is 10.2 Å². The molecular formula is C18H17N5O2. The van der Waals surface area contributed by atoms with E-state index < -0.39 is 0 Å². The monoisotopic (exact) mass is 335 g/mol.